The Hall–Kier alpha value is -7.76. The maximum absolute atomic E-state index is 12.6. The van der Waals surface area contributed by atoms with Crippen molar-refractivity contribution in [3.8, 4) is 11.1 Å². The van der Waals surface area contributed by atoms with Gasteiger partial charge in [-0.15, -0.1) is 0 Å². The van der Waals surface area contributed by atoms with Crippen molar-refractivity contribution < 1.29 is 53.1 Å². The largest absolute Gasteiger partial charge is 0.494 e. The lowest BCUT2D eigenvalue weighted by Crippen LogP contribution is -2.41. The van der Waals surface area contributed by atoms with E-state index >= 15 is 0 Å². The first-order valence-corrected chi connectivity index (χ1v) is 43.9. The fourth-order valence-electron chi connectivity index (χ4n) is 13.9. The molecule has 628 valence electrons. The number of fused-ring (bicyclic) bond motifs is 4. The highest BCUT2D eigenvalue weighted by Crippen LogP contribution is 2.37. The molecule has 1 aliphatic heterocycles. The Balaban J connectivity index is 0.000000149. The smallest absolute Gasteiger partial charge is 0.399 e. The van der Waals surface area contributed by atoms with E-state index in [-0.39, 0.29) is 43.8 Å². The van der Waals surface area contributed by atoms with Gasteiger partial charge >= 0.3 is 12.8 Å². The molecule has 24 nitrogen and oxygen atoms in total. The molecule has 12 aromatic rings. The molecular weight excluding hydrogens is 1830 g/mol. The van der Waals surface area contributed by atoms with Crippen molar-refractivity contribution in [3.63, 3.8) is 0 Å². The molecule has 1 saturated heterocycles. The van der Waals surface area contributed by atoms with Crippen LogP contribution in [0.4, 0.5) is 21.5 Å². The Bertz CT molecular complexity index is 5190. The van der Waals surface area contributed by atoms with E-state index in [1.165, 1.54) is 106 Å². The Morgan fingerprint density at radius 2 is 0.890 bits per heavy atom. The molecule has 0 spiro atoms. The Morgan fingerprint density at radius 3 is 1.36 bits per heavy atom. The molecule has 31 heteroatoms. The van der Waals surface area contributed by atoms with E-state index in [2.05, 4.69) is 201 Å². The number of benzene rings is 7. The number of aryl methyl sites for hydroxylation is 3. The molecule has 0 bridgehead atoms. The van der Waals surface area contributed by atoms with Crippen LogP contribution < -0.4 is 11.2 Å². The second kappa shape index (κ2) is 45.8. The van der Waals surface area contributed by atoms with Gasteiger partial charge in [-0.1, -0.05) is 154 Å². The van der Waals surface area contributed by atoms with Crippen LogP contribution in [0.1, 0.15) is 134 Å². The number of hydrogen-bond acceptors (Lipinski definition) is 18. The first kappa shape index (κ1) is 92.5. The number of hydrogen-bond donors (Lipinski definition) is 4. The van der Waals surface area contributed by atoms with Crippen molar-refractivity contribution in [1.29, 1.82) is 0 Å². The molecule has 3 aliphatic carbocycles. The van der Waals surface area contributed by atoms with Crippen LogP contribution in [0.25, 0.3) is 55.4 Å². The number of rotatable bonds is 24. The fourth-order valence-corrected chi connectivity index (χ4v) is 15.8. The zero-order valence-corrected chi connectivity index (χ0v) is 75.1. The number of nitro groups is 2. The minimum absolute atomic E-state index is 0.0453. The Labute approximate surface area is 729 Å². The number of nitro benzene ring substituents is 2. The number of nitrogens with zero attached hydrogens (tertiary/aromatic N) is 11. The zero-order valence-electron chi connectivity index (χ0n) is 67.1. The monoisotopic (exact) mass is 1930 g/mol. The van der Waals surface area contributed by atoms with Crippen LogP contribution in [0.5, 0.6) is 0 Å². The Kier molecular flexibility index (Phi) is 35.9. The lowest BCUT2D eigenvalue weighted by atomic mass is 9.79. The molecule has 0 unspecified atom stereocenters. The minimum Gasteiger partial charge on any atom is -0.399 e. The molecule has 4 aliphatic rings. The van der Waals surface area contributed by atoms with Gasteiger partial charge in [0.05, 0.1) is 130 Å². The van der Waals surface area contributed by atoms with Gasteiger partial charge in [0.15, 0.2) is 5.65 Å². The first-order chi connectivity index (χ1) is 56.8. The Morgan fingerprint density at radius 1 is 0.483 bits per heavy atom. The van der Waals surface area contributed by atoms with Crippen molar-refractivity contribution in [1.82, 2.24) is 43.2 Å². The number of nitrogen functional groups attached to an aromatic ring is 1. The van der Waals surface area contributed by atoms with Crippen LogP contribution in [0.3, 0.4) is 0 Å². The number of aliphatic hydroxyl groups excluding tert-OH is 3. The predicted molar refractivity (Wildman–Crippen MR) is 481 cm³/mol. The summed E-state index contributed by atoms with van der Waals surface area (Å²) in [5.74, 6) is -0.829. The summed E-state index contributed by atoms with van der Waals surface area (Å²) in [4.78, 5) is 41.6. The van der Waals surface area contributed by atoms with Crippen LogP contribution >= 0.6 is 79.6 Å². The summed E-state index contributed by atoms with van der Waals surface area (Å²) in [6.45, 7) is 16.2. The third kappa shape index (κ3) is 27.1. The molecule has 0 amide bonds. The lowest BCUT2D eigenvalue weighted by molar-refractivity contribution is -0.387. The molecule has 118 heavy (non-hydrogen) atoms. The van der Waals surface area contributed by atoms with E-state index in [0.29, 0.717) is 47.7 Å². The number of nitrogens with two attached hydrogens (primary N) is 1. The molecule has 5 N–H and O–H groups in total. The minimum atomic E-state index is -0.829. The predicted octanol–water partition coefficient (Wildman–Crippen LogP) is 19.9. The van der Waals surface area contributed by atoms with E-state index in [1.807, 2.05) is 84.3 Å². The summed E-state index contributed by atoms with van der Waals surface area (Å²) < 4.78 is 55.8. The number of aromatic nitrogens is 9. The number of halogens is 6. The number of pyridine rings is 1. The maximum atomic E-state index is 12.6. The number of imidazole rings is 4. The van der Waals surface area contributed by atoms with E-state index in [4.69, 9.17) is 44.6 Å². The van der Waals surface area contributed by atoms with Crippen LogP contribution in [-0.2, 0) is 62.5 Å². The molecule has 5 aromatic heterocycles. The van der Waals surface area contributed by atoms with E-state index in [0.717, 1.165) is 143 Å². The van der Waals surface area contributed by atoms with Gasteiger partial charge in [0, 0.05) is 96.9 Å². The van der Waals surface area contributed by atoms with Gasteiger partial charge in [-0.05, 0) is 212 Å². The summed E-state index contributed by atoms with van der Waals surface area (Å²) in [5.41, 5.74) is 20.0. The van der Waals surface area contributed by atoms with Crippen molar-refractivity contribution >= 4 is 154 Å². The normalized spacial score (nSPS) is 15.0. The summed E-state index contributed by atoms with van der Waals surface area (Å²) in [5, 5.41) is 46.8. The van der Waals surface area contributed by atoms with Gasteiger partial charge in [0.2, 0.25) is 5.82 Å². The van der Waals surface area contributed by atoms with Crippen LogP contribution in [0.15, 0.2) is 193 Å². The van der Waals surface area contributed by atoms with Crippen molar-refractivity contribution in [2.45, 2.75) is 193 Å². The van der Waals surface area contributed by atoms with E-state index < -0.39 is 21.4 Å². The van der Waals surface area contributed by atoms with Gasteiger partial charge in [-0.25, -0.2) is 24.9 Å². The quantitative estimate of drug-likeness (QED) is 0.0189. The second-order valence-corrected chi connectivity index (χ2v) is 34.8. The van der Waals surface area contributed by atoms with E-state index in [9.17, 15) is 24.6 Å². The highest BCUT2D eigenvalue weighted by molar-refractivity contribution is 9.11. The van der Waals surface area contributed by atoms with Gasteiger partial charge < -0.3 is 62.8 Å². The third-order valence-corrected chi connectivity index (χ3v) is 23.6. The highest BCUT2D eigenvalue weighted by Gasteiger charge is 2.52. The number of aliphatic hydroxyl groups is 3. The zero-order chi connectivity index (χ0) is 84.3. The molecule has 0 atom stereocenters. The third-order valence-electron chi connectivity index (χ3n) is 21.2. The summed E-state index contributed by atoms with van der Waals surface area (Å²) >= 11 is 16.5. The topological polar surface area (TPSA) is 303 Å². The average molecular weight is 1940 g/mol. The van der Waals surface area contributed by atoms with Gasteiger partial charge in [-0.3, -0.25) is 20.2 Å². The molecule has 0 radical (unpaired) electrons. The number of ether oxygens (including phenoxy) is 3. The van der Waals surface area contributed by atoms with Crippen molar-refractivity contribution in [2.24, 2.45) is 0 Å². The summed E-state index contributed by atoms with van der Waals surface area (Å²) in [6, 6.07) is 43.2. The lowest BCUT2D eigenvalue weighted by Gasteiger charge is -2.32. The molecule has 4 fully saturated rings. The van der Waals surface area contributed by atoms with Crippen LogP contribution in [0, 0.1) is 33.0 Å². The molecular formula is C87H103BBr5FN12O12. The first-order valence-electron chi connectivity index (χ1n) is 39.9. The summed E-state index contributed by atoms with van der Waals surface area (Å²) in [6.07, 6.45) is 28.5. The number of anilines is 1. The standard InChI is InChI=1S/C20H29BN2O3.C20H23N3O.C14H17BrN2O.C9H9BrN2O.C9H10BrNO3.C9H12BrNO.C6H3BrFNO2/c1-19(2)20(3,4)26-21(25-19)15-9-10-17-18(13-15)23(14-22-17)11-12-24-16-7-5-6-8-16;1-15-6-8-16(9-7-15)17-12-19-20(21-13-17)22-14-23(19)10-11-24-18-4-2-3-5-18;15-11-5-6-13-14(9-11)17(10-16-13)7-8-18-12-3-1-2-4-12;10-7-1-2-8-9(5-7)12(3-4-13)6-11-8;10-8-3-4-9(11(13)14)7(6-8)2-1-5-12;10-8-3-4-9(11)7(6-8)2-1-5-12;7-4-1-2-6(9(10)11)5(8)3-4/h9-10,13-14,16H,5-8,11-12H2,1-4H3;6-9,12-14,18H,2-5,10-11H2,1H3;5-6,9-10,12H,1-4,7-8H2;1-2,5-6,13H,3-4H2;3-4,6,12H,1-2,5H2;3-4,6,12H,1-2,5,11H2;1-3H. The van der Waals surface area contributed by atoms with Gasteiger partial charge in [0.1, 0.15) is 0 Å². The molecule has 7 aromatic carbocycles. The van der Waals surface area contributed by atoms with E-state index in [1.54, 1.807) is 18.5 Å². The summed E-state index contributed by atoms with van der Waals surface area (Å²) in [7, 11) is -0.345. The van der Waals surface area contributed by atoms with Crippen LogP contribution in [-0.4, -0.2) is 145 Å². The van der Waals surface area contributed by atoms with Crippen LogP contribution in [0.2, 0.25) is 0 Å². The molecule has 6 heterocycles. The van der Waals surface area contributed by atoms with Crippen molar-refractivity contribution in [2.75, 3.05) is 45.4 Å². The van der Waals surface area contributed by atoms with Crippen molar-refractivity contribution in [3.05, 3.63) is 236 Å². The fraction of sp³-hybridized carbons (Fsp3) is 0.414. The van der Waals surface area contributed by atoms with Gasteiger partial charge in [-0.2, -0.15) is 4.39 Å². The van der Waals surface area contributed by atoms with Gasteiger partial charge in [0.25, 0.3) is 5.69 Å². The molecule has 16 rings (SSSR count). The SMILES string of the molecule is Brc1ccc2ncn(CCOC3CCCC3)c2c1.CC1(C)OB(c2ccc3ncn(CCOC4CCCC4)c3c2)OC1(C)C.Cc1ccc(-c2cnc3ncn(CCOC4CCCC4)c3c2)cc1.Nc1ccc(Br)cc1CCCO.O=[N+]([O-])c1ccc(Br)cc1CCCO.O=[N+]([O-])c1ccc(Br)cc1F.OCCn1cnc2ccc(Br)cc21. The second-order valence-electron chi connectivity index (χ2n) is 30.2. The average Bonchev–Trinajstić information content (AvgIpc) is 1.61. The maximum Gasteiger partial charge on any atom is 0.494 e. The molecule has 3 saturated carbocycles. The highest BCUT2D eigenvalue weighted by atomic mass is 79.9.